The first-order valence-electron chi connectivity index (χ1n) is 9.46. The van der Waals surface area contributed by atoms with E-state index in [0.717, 1.165) is 17.0 Å². The number of carbonyl (C=O) groups is 3. The van der Waals surface area contributed by atoms with Crippen molar-refractivity contribution < 1.29 is 23.5 Å². The number of rotatable bonds is 7. The molecule has 30 heavy (non-hydrogen) atoms. The minimum atomic E-state index is -0.668. The molecule has 0 fully saturated rings. The van der Waals surface area contributed by atoms with Gasteiger partial charge in [0.15, 0.2) is 12.4 Å². The van der Waals surface area contributed by atoms with E-state index in [2.05, 4.69) is 0 Å². The fourth-order valence-electron chi connectivity index (χ4n) is 3.34. The van der Waals surface area contributed by atoms with Crippen molar-refractivity contribution in [3.8, 4) is 0 Å². The highest BCUT2D eigenvalue weighted by molar-refractivity contribution is 6.01. The number of aromatic nitrogens is 2. The fourth-order valence-corrected chi connectivity index (χ4v) is 3.34. The molecule has 0 N–H and O–H groups in total. The summed E-state index contributed by atoms with van der Waals surface area (Å²) < 4.78 is 21.8. The van der Waals surface area contributed by atoms with E-state index >= 15 is 0 Å². The minimum absolute atomic E-state index is 0.158. The van der Waals surface area contributed by atoms with E-state index in [-0.39, 0.29) is 23.1 Å². The molecule has 0 aliphatic heterocycles. The number of carbonyl (C=O) groups excluding carboxylic acids is 3. The molecule has 3 rings (SSSR count). The topological polar surface area (TPSA) is 70.3 Å². The van der Waals surface area contributed by atoms with Crippen LogP contribution in [0.5, 0.6) is 0 Å². The summed E-state index contributed by atoms with van der Waals surface area (Å²) in [6.07, 6.45) is 1.55. The first-order valence-corrected chi connectivity index (χ1v) is 9.46. The molecule has 0 aliphatic carbocycles. The highest BCUT2D eigenvalue weighted by Crippen LogP contribution is 2.19. The maximum Gasteiger partial charge on any atom is 0.355 e. The second-order valence-electron chi connectivity index (χ2n) is 7.28. The lowest BCUT2D eigenvalue weighted by atomic mass is 10.1. The van der Waals surface area contributed by atoms with Crippen molar-refractivity contribution in [1.82, 2.24) is 9.13 Å². The van der Waals surface area contributed by atoms with Gasteiger partial charge in [-0.3, -0.25) is 9.59 Å². The Labute approximate surface area is 173 Å². The third-order valence-electron chi connectivity index (χ3n) is 5.08. The smallest absolute Gasteiger partial charge is 0.355 e. The Morgan fingerprint density at radius 1 is 1.07 bits per heavy atom. The van der Waals surface area contributed by atoms with Gasteiger partial charge in [0.05, 0.1) is 0 Å². The maximum absolute atomic E-state index is 13.1. The molecule has 3 aromatic rings. The molecule has 2 heterocycles. The number of esters is 1. The number of aryl methyl sites for hydroxylation is 2. The van der Waals surface area contributed by atoms with Crippen LogP contribution in [-0.2, 0) is 18.3 Å². The number of halogens is 1. The van der Waals surface area contributed by atoms with E-state index in [1.807, 2.05) is 18.4 Å². The Morgan fingerprint density at radius 3 is 2.33 bits per heavy atom. The van der Waals surface area contributed by atoms with Gasteiger partial charge in [0.1, 0.15) is 11.5 Å². The molecule has 6 nitrogen and oxygen atoms in total. The first-order chi connectivity index (χ1) is 14.2. The van der Waals surface area contributed by atoms with Crippen molar-refractivity contribution >= 4 is 17.5 Å². The number of hydrogen-bond acceptors (Lipinski definition) is 4. The van der Waals surface area contributed by atoms with Crippen LogP contribution in [0.4, 0.5) is 4.39 Å². The van der Waals surface area contributed by atoms with Gasteiger partial charge in [-0.2, -0.15) is 0 Å². The predicted octanol–water partition coefficient (Wildman–Crippen LogP) is 3.87. The molecule has 0 atom stereocenters. The van der Waals surface area contributed by atoms with E-state index in [4.69, 9.17) is 4.74 Å². The van der Waals surface area contributed by atoms with Gasteiger partial charge in [0.2, 0.25) is 5.78 Å². The molecule has 156 valence electrons. The molecule has 7 heteroatoms. The lowest BCUT2D eigenvalue weighted by molar-refractivity contribution is 0.0465. The normalized spacial score (nSPS) is 10.8. The average molecular weight is 410 g/mol. The van der Waals surface area contributed by atoms with Crippen molar-refractivity contribution in [2.75, 3.05) is 6.61 Å². The van der Waals surface area contributed by atoms with Crippen LogP contribution < -0.4 is 0 Å². The number of ketones is 2. The summed E-state index contributed by atoms with van der Waals surface area (Å²) >= 11 is 0. The summed E-state index contributed by atoms with van der Waals surface area (Å²) in [4.78, 5) is 36.4. The number of ether oxygens (including phenoxy) is 1. The van der Waals surface area contributed by atoms with E-state index in [1.54, 1.807) is 31.4 Å². The highest BCUT2D eigenvalue weighted by atomic mass is 19.1. The first kappa shape index (κ1) is 21.2. The van der Waals surface area contributed by atoms with E-state index in [0.29, 0.717) is 17.7 Å². The molecule has 0 amide bonds. The molecule has 0 saturated heterocycles. The van der Waals surface area contributed by atoms with E-state index < -0.39 is 12.6 Å². The third-order valence-corrected chi connectivity index (χ3v) is 5.08. The van der Waals surface area contributed by atoms with Gasteiger partial charge in [0, 0.05) is 42.3 Å². The van der Waals surface area contributed by atoms with E-state index in [1.165, 1.54) is 29.7 Å². The van der Waals surface area contributed by atoms with Crippen LogP contribution in [-0.4, -0.2) is 33.3 Å². The third kappa shape index (κ3) is 4.40. The van der Waals surface area contributed by atoms with Crippen LogP contribution in [0, 0.1) is 19.7 Å². The summed E-state index contributed by atoms with van der Waals surface area (Å²) in [7, 11) is 1.63. The number of nitrogens with zero attached hydrogens (tertiary/aromatic N) is 2. The summed E-state index contributed by atoms with van der Waals surface area (Å²) in [5.74, 6) is -1.44. The van der Waals surface area contributed by atoms with Gasteiger partial charge in [-0.1, -0.05) is 12.1 Å². The van der Waals surface area contributed by atoms with Gasteiger partial charge in [-0.05, 0) is 50.6 Å². The van der Waals surface area contributed by atoms with Crippen molar-refractivity contribution in [1.29, 1.82) is 0 Å². The number of Topliss-reactive ketones (excluding diaryl/α,β-unsaturated/α-hetero) is 2. The molecular formula is C23H23FN2O4. The quantitative estimate of drug-likeness (QED) is 0.438. The van der Waals surface area contributed by atoms with Gasteiger partial charge >= 0.3 is 5.97 Å². The maximum atomic E-state index is 13.1. The van der Waals surface area contributed by atoms with Gasteiger partial charge in [-0.25, -0.2) is 9.18 Å². The molecule has 2 aromatic heterocycles. The van der Waals surface area contributed by atoms with Gasteiger partial charge in [0.25, 0.3) is 0 Å². The second-order valence-corrected chi connectivity index (χ2v) is 7.28. The molecule has 0 saturated carbocycles. The highest BCUT2D eigenvalue weighted by Gasteiger charge is 2.20. The zero-order valence-electron chi connectivity index (χ0n) is 17.4. The Bertz CT molecular complexity index is 1120. The van der Waals surface area contributed by atoms with Crippen LogP contribution in [0.1, 0.15) is 55.1 Å². The zero-order valence-corrected chi connectivity index (χ0v) is 17.4. The SMILES string of the molecule is CC(=O)c1cc(C(=O)OCC(=O)c2cc(C)n(Cc3ccc(F)cc3)c2C)n(C)c1. The zero-order chi connectivity index (χ0) is 22.0. The molecule has 0 aliphatic rings. The standard InChI is InChI=1S/C23H23FN2O4/c1-14-9-20(15(2)26(14)11-17-5-7-19(24)8-6-17)22(28)13-30-23(29)21-10-18(16(3)27)12-25(21)4/h5-10,12H,11,13H2,1-4H3. The molecule has 1 aromatic carbocycles. The van der Waals surface area contributed by atoms with Crippen molar-refractivity contribution in [2.24, 2.45) is 7.05 Å². The summed E-state index contributed by atoms with van der Waals surface area (Å²) in [6.45, 7) is 5.21. The van der Waals surface area contributed by atoms with Crippen molar-refractivity contribution in [2.45, 2.75) is 27.3 Å². The Morgan fingerprint density at radius 2 is 1.73 bits per heavy atom. The van der Waals surface area contributed by atoms with Gasteiger partial charge in [-0.15, -0.1) is 0 Å². The minimum Gasteiger partial charge on any atom is -0.453 e. The van der Waals surface area contributed by atoms with Crippen LogP contribution >= 0.6 is 0 Å². The van der Waals surface area contributed by atoms with Crippen molar-refractivity contribution in [3.05, 3.63) is 82.2 Å². The van der Waals surface area contributed by atoms with Crippen molar-refractivity contribution in [3.63, 3.8) is 0 Å². The Hall–Kier alpha value is -3.48. The second kappa shape index (κ2) is 8.49. The Balaban J connectivity index is 1.70. The lowest BCUT2D eigenvalue weighted by Gasteiger charge is -2.10. The summed E-state index contributed by atoms with van der Waals surface area (Å²) in [6, 6.07) is 9.40. The largest absolute Gasteiger partial charge is 0.453 e. The molecule has 0 radical (unpaired) electrons. The van der Waals surface area contributed by atoms with Crippen LogP contribution in [0.2, 0.25) is 0 Å². The molecule has 0 unspecified atom stereocenters. The molecule has 0 bridgehead atoms. The van der Waals surface area contributed by atoms with E-state index in [9.17, 15) is 18.8 Å². The predicted molar refractivity (Wildman–Crippen MR) is 109 cm³/mol. The summed E-state index contributed by atoms with van der Waals surface area (Å²) in [5, 5.41) is 0. The van der Waals surface area contributed by atoms with Crippen LogP contribution in [0.25, 0.3) is 0 Å². The molecular weight excluding hydrogens is 387 g/mol. The fraction of sp³-hybridized carbons (Fsp3) is 0.261. The molecule has 0 spiro atoms. The average Bonchev–Trinajstić information content (AvgIpc) is 3.22. The Kier molecular flexibility index (Phi) is 6.01. The number of hydrogen-bond donors (Lipinski definition) is 0. The lowest BCUT2D eigenvalue weighted by Crippen LogP contribution is -2.17. The van der Waals surface area contributed by atoms with Crippen LogP contribution in [0.3, 0.4) is 0 Å². The number of benzene rings is 1. The van der Waals surface area contributed by atoms with Gasteiger partial charge < -0.3 is 13.9 Å². The monoisotopic (exact) mass is 410 g/mol. The summed E-state index contributed by atoms with van der Waals surface area (Å²) in [5.41, 5.74) is 3.61. The van der Waals surface area contributed by atoms with Crippen LogP contribution in [0.15, 0.2) is 42.6 Å².